The summed E-state index contributed by atoms with van der Waals surface area (Å²) in [7, 11) is -1.56. The van der Waals surface area contributed by atoms with Crippen molar-refractivity contribution in [3.05, 3.63) is 29.8 Å². The van der Waals surface area contributed by atoms with Crippen molar-refractivity contribution in [1.82, 2.24) is 4.90 Å². The maximum absolute atomic E-state index is 13.0. The number of hydrogen-bond acceptors (Lipinski definition) is 4. The van der Waals surface area contributed by atoms with Crippen molar-refractivity contribution >= 4 is 27.7 Å². The number of hydrogen-bond donors (Lipinski definition) is 0. The third-order valence-electron chi connectivity index (χ3n) is 3.30. The molecule has 0 N–H and O–H groups in total. The van der Waals surface area contributed by atoms with Crippen molar-refractivity contribution in [3.8, 4) is 0 Å². The van der Waals surface area contributed by atoms with Gasteiger partial charge in [0.25, 0.3) is 5.91 Å². The van der Waals surface area contributed by atoms with Crippen molar-refractivity contribution in [2.45, 2.75) is 11.7 Å². The summed E-state index contributed by atoms with van der Waals surface area (Å²) in [5.74, 6) is -0.714. The van der Waals surface area contributed by atoms with E-state index in [2.05, 4.69) is 0 Å². The lowest BCUT2D eigenvalue weighted by Gasteiger charge is -2.18. The fourth-order valence-corrected chi connectivity index (χ4v) is 2.85. The normalized spacial score (nSPS) is 18.9. The van der Waals surface area contributed by atoms with Gasteiger partial charge in [-0.2, -0.15) is 8.42 Å². The Hall–Kier alpha value is -1.96. The van der Waals surface area contributed by atoms with E-state index in [0.717, 1.165) is 0 Å². The molecule has 1 fully saturated rings. The van der Waals surface area contributed by atoms with Gasteiger partial charge in [0.15, 0.2) is 0 Å². The maximum atomic E-state index is 13.0. The fourth-order valence-electron chi connectivity index (χ4n) is 2.18. The summed E-state index contributed by atoms with van der Waals surface area (Å²) in [6.07, 6.45) is -0.384. The van der Waals surface area contributed by atoms with Crippen LogP contribution in [-0.4, -0.2) is 51.0 Å². The average molecular weight is 314 g/mol. The zero-order valence-corrected chi connectivity index (χ0v) is 12.4. The van der Waals surface area contributed by atoms with E-state index in [1.807, 2.05) is 0 Å². The van der Waals surface area contributed by atoms with Crippen molar-refractivity contribution in [2.75, 3.05) is 25.5 Å². The van der Waals surface area contributed by atoms with Gasteiger partial charge in [-0.3, -0.25) is 9.59 Å². The highest BCUT2D eigenvalue weighted by atomic mass is 32.3. The van der Waals surface area contributed by atoms with Crippen molar-refractivity contribution in [2.24, 2.45) is 0 Å². The van der Waals surface area contributed by atoms with Crippen LogP contribution in [0.15, 0.2) is 24.3 Å². The van der Waals surface area contributed by atoms with Gasteiger partial charge in [0.1, 0.15) is 5.25 Å². The molecule has 114 valence electrons. The van der Waals surface area contributed by atoms with Gasteiger partial charge in [-0.25, -0.2) is 0 Å². The van der Waals surface area contributed by atoms with Gasteiger partial charge in [-0.05, 0) is 18.2 Å². The highest BCUT2D eigenvalue weighted by Crippen LogP contribution is 2.26. The summed E-state index contributed by atoms with van der Waals surface area (Å²) >= 11 is 0. The summed E-state index contributed by atoms with van der Waals surface area (Å²) in [6.45, 7) is -0.239. The van der Waals surface area contributed by atoms with Gasteiger partial charge in [0, 0.05) is 38.3 Å². The highest BCUT2D eigenvalue weighted by Gasteiger charge is 2.39. The van der Waals surface area contributed by atoms with E-state index in [-0.39, 0.29) is 18.9 Å². The molecule has 0 spiro atoms. The van der Waals surface area contributed by atoms with E-state index in [1.165, 1.54) is 15.9 Å². The van der Waals surface area contributed by atoms with Gasteiger partial charge in [0.05, 0.1) is 0 Å². The van der Waals surface area contributed by atoms with Gasteiger partial charge in [-0.1, -0.05) is 6.07 Å². The maximum Gasteiger partial charge on any atom is 0.307 e. The van der Waals surface area contributed by atoms with Gasteiger partial charge in [-0.15, -0.1) is 3.89 Å². The second-order valence-corrected chi connectivity index (χ2v) is 6.67. The number of rotatable bonds is 3. The summed E-state index contributed by atoms with van der Waals surface area (Å²) in [5.41, 5.74) is 0.760. The molecule has 1 aromatic carbocycles. The largest absolute Gasteiger partial charge is 0.345 e. The van der Waals surface area contributed by atoms with Crippen LogP contribution in [0.3, 0.4) is 0 Å². The highest BCUT2D eigenvalue weighted by molar-refractivity contribution is 7.87. The zero-order chi connectivity index (χ0) is 15.8. The molecule has 1 heterocycles. The summed E-state index contributed by atoms with van der Waals surface area (Å²) in [6, 6.07) is 6.26. The van der Waals surface area contributed by atoms with Crippen LogP contribution >= 0.6 is 0 Å². The quantitative estimate of drug-likeness (QED) is 0.773. The molecule has 21 heavy (non-hydrogen) atoms. The first-order chi connectivity index (χ1) is 9.70. The molecule has 0 saturated carbocycles. The second kappa shape index (κ2) is 5.44. The standard InChI is InChI=1S/C13H15FN2O4S/c1-15(2)13(18)9-4-3-5-10(6-9)16-8-11(7-12(16)17)21(14,19)20/h3-6,11H,7-8H2,1-2H3. The minimum Gasteiger partial charge on any atom is -0.345 e. The Kier molecular flexibility index (Phi) is 3.99. The van der Waals surface area contributed by atoms with Crippen LogP contribution in [0.2, 0.25) is 0 Å². The number of benzene rings is 1. The Morgan fingerprint density at radius 1 is 1.38 bits per heavy atom. The van der Waals surface area contributed by atoms with Crippen molar-refractivity contribution < 1.29 is 21.9 Å². The third-order valence-corrected chi connectivity index (χ3v) is 4.41. The molecule has 1 aliphatic rings. The molecule has 1 aliphatic heterocycles. The average Bonchev–Trinajstić information content (AvgIpc) is 2.80. The first kappa shape index (κ1) is 15.4. The number of carbonyl (C=O) groups is 2. The summed E-state index contributed by atoms with van der Waals surface area (Å²) in [4.78, 5) is 26.3. The van der Waals surface area contributed by atoms with Crippen molar-refractivity contribution in [3.63, 3.8) is 0 Å². The van der Waals surface area contributed by atoms with E-state index in [0.29, 0.717) is 11.3 Å². The van der Waals surface area contributed by atoms with Crippen LogP contribution in [0.25, 0.3) is 0 Å². The predicted molar refractivity (Wildman–Crippen MR) is 75.2 cm³/mol. The number of amides is 2. The van der Waals surface area contributed by atoms with Gasteiger partial charge in [0.2, 0.25) is 5.91 Å². The summed E-state index contributed by atoms with van der Waals surface area (Å²) in [5, 5.41) is -1.35. The number of anilines is 1. The van der Waals surface area contributed by atoms with E-state index in [4.69, 9.17) is 0 Å². The molecule has 2 rings (SSSR count). The van der Waals surface area contributed by atoms with Crippen LogP contribution in [0.1, 0.15) is 16.8 Å². The van der Waals surface area contributed by atoms with Crippen LogP contribution < -0.4 is 4.90 Å². The first-order valence-electron chi connectivity index (χ1n) is 6.25. The molecule has 0 aromatic heterocycles. The minimum absolute atomic E-state index is 0.238. The molecule has 2 amide bonds. The Morgan fingerprint density at radius 3 is 2.57 bits per heavy atom. The molecule has 0 bridgehead atoms. The van der Waals surface area contributed by atoms with E-state index >= 15 is 0 Å². The Labute approximate surface area is 122 Å². The molecule has 1 aromatic rings. The third kappa shape index (κ3) is 3.21. The van der Waals surface area contributed by atoms with Crippen LogP contribution in [0, 0.1) is 0 Å². The molecule has 1 saturated heterocycles. The predicted octanol–water partition coefficient (Wildman–Crippen LogP) is 0.793. The monoisotopic (exact) mass is 314 g/mol. The molecular weight excluding hydrogens is 299 g/mol. The Balaban J connectivity index is 2.29. The molecule has 0 radical (unpaired) electrons. The second-order valence-electron chi connectivity index (χ2n) is 5.06. The van der Waals surface area contributed by atoms with Crippen LogP contribution in [-0.2, 0) is 15.0 Å². The summed E-state index contributed by atoms with van der Waals surface area (Å²) < 4.78 is 34.8. The lowest BCUT2D eigenvalue weighted by molar-refractivity contribution is -0.117. The molecular formula is C13H15FN2O4S. The van der Waals surface area contributed by atoms with Crippen molar-refractivity contribution in [1.29, 1.82) is 0 Å². The molecule has 0 aliphatic carbocycles. The van der Waals surface area contributed by atoms with Gasteiger partial charge >= 0.3 is 10.2 Å². The lowest BCUT2D eigenvalue weighted by atomic mass is 10.1. The lowest BCUT2D eigenvalue weighted by Crippen LogP contribution is -2.27. The Morgan fingerprint density at radius 2 is 2.05 bits per heavy atom. The van der Waals surface area contributed by atoms with E-state index in [9.17, 15) is 21.9 Å². The SMILES string of the molecule is CN(C)C(=O)c1cccc(N2CC(S(=O)(=O)F)CC2=O)c1. The van der Waals surface area contributed by atoms with E-state index in [1.54, 1.807) is 32.3 Å². The molecule has 8 heteroatoms. The molecule has 1 unspecified atom stereocenters. The van der Waals surface area contributed by atoms with E-state index < -0.39 is 21.4 Å². The van der Waals surface area contributed by atoms with Crippen LogP contribution in [0.5, 0.6) is 0 Å². The Bertz CT molecular complexity index is 687. The molecule has 1 atom stereocenters. The topological polar surface area (TPSA) is 74.8 Å². The van der Waals surface area contributed by atoms with Crippen LogP contribution in [0.4, 0.5) is 9.57 Å². The minimum atomic E-state index is -4.75. The number of carbonyl (C=O) groups excluding carboxylic acids is 2. The zero-order valence-electron chi connectivity index (χ0n) is 11.6. The number of nitrogens with zero attached hydrogens (tertiary/aromatic N) is 2. The fraction of sp³-hybridized carbons (Fsp3) is 0.385. The number of halogens is 1. The van der Waals surface area contributed by atoms with Gasteiger partial charge < -0.3 is 9.80 Å². The smallest absolute Gasteiger partial charge is 0.307 e. The molecule has 6 nitrogen and oxygen atoms in total. The first-order valence-corrected chi connectivity index (χ1v) is 7.70.